The van der Waals surface area contributed by atoms with E-state index in [4.69, 9.17) is 9.57 Å². The summed E-state index contributed by atoms with van der Waals surface area (Å²) in [5, 5.41) is 4.39. The van der Waals surface area contributed by atoms with Gasteiger partial charge in [-0.25, -0.2) is 4.79 Å². The average Bonchev–Trinajstić information content (AvgIpc) is 2.72. The van der Waals surface area contributed by atoms with Crippen molar-refractivity contribution in [2.24, 2.45) is 11.1 Å². The van der Waals surface area contributed by atoms with Crippen molar-refractivity contribution in [3.8, 4) is 0 Å². The molecule has 1 amide bonds. The molecule has 0 bridgehead atoms. The summed E-state index contributed by atoms with van der Waals surface area (Å²) in [6, 6.07) is 8.30. The Labute approximate surface area is 195 Å². The molecule has 2 aliphatic heterocycles. The second-order valence-corrected chi connectivity index (χ2v) is 10.8. The Hall–Kier alpha value is -1.60. The molecule has 0 unspecified atom stereocenters. The van der Waals surface area contributed by atoms with E-state index >= 15 is 0 Å². The predicted molar refractivity (Wildman–Crippen MR) is 127 cm³/mol. The molecule has 7 heteroatoms. The first kappa shape index (κ1) is 24.1. The minimum atomic E-state index is -0.448. The lowest BCUT2D eigenvalue weighted by Gasteiger charge is -2.49. The van der Waals surface area contributed by atoms with E-state index in [1.807, 2.05) is 25.7 Å². The molecule has 2 fully saturated rings. The molecule has 172 valence electrons. The van der Waals surface area contributed by atoms with Crippen molar-refractivity contribution < 1.29 is 14.4 Å². The molecule has 0 saturated carbocycles. The van der Waals surface area contributed by atoms with Crippen LogP contribution in [0.25, 0.3) is 0 Å². The summed E-state index contributed by atoms with van der Waals surface area (Å²) in [7, 11) is 1.62. The van der Waals surface area contributed by atoms with E-state index in [-0.39, 0.29) is 11.6 Å². The molecule has 2 saturated heterocycles. The molecule has 3 rings (SSSR count). The zero-order chi connectivity index (χ0) is 22.6. The van der Waals surface area contributed by atoms with Gasteiger partial charge in [0.05, 0.1) is 5.71 Å². The fraction of sp³-hybridized carbons (Fsp3) is 0.667. The van der Waals surface area contributed by atoms with Crippen molar-refractivity contribution in [2.45, 2.75) is 64.5 Å². The Morgan fingerprint density at radius 3 is 2.19 bits per heavy atom. The van der Waals surface area contributed by atoms with Crippen LogP contribution in [0.3, 0.4) is 0 Å². The predicted octanol–water partition coefficient (Wildman–Crippen LogP) is 5.30. The second-order valence-electron chi connectivity index (χ2n) is 9.89. The Morgan fingerprint density at radius 2 is 1.68 bits per heavy atom. The molecule has 2 heterocycles. The van der Waals surface area contributed by atoms with Gasteiger partial charge in [-0.15, -0.1) is 0 Å². The van der Waals surface area contributed by atoms with Crippen LogP contribution < -0.4 is 0 Å². The maximum absolute atomic E-state index is 12.4. The zero-order valence-electron chi connectivity index (χ0n) is 19.5. The molecular weight excluding hydrogens is 458 g/mol. The summed E-state index contributed by atoms with van der Waals surface area (Å²) in [5.74, 6) is 0.392. The van der Waals surface area contributed by atoms with E-state index in [1.54, 1.807) is 7.11 Å². The monoisotopic (exact) mass is 493 g/mol. The fourth-order valence-corrected chi connectivity index (χ4v) is 4.85. The molecular formula is C24H36BrN3O3. The first-order valence-corrected chi connectivity index (χ1v) is 12.0. The summed E-state index contributed by atoms with van der Waals surface area (Å²) in [5.41, 5.74) is 1.84. The number of oxime groups is 1. The standard InChI is InChI=1S/C24H36BrN3O3/c1-23(2,3)31-22(29)27-16-12-24(4,13-17-27)28-14-10-19(11-15-28)21(26-30-5)18-6-8-20(25)9-7-18/h6-9,19H,10-17H2,1-5H3/b26-21+. The van der Waals surface area contributed by atoms with Gasteiger partial charge in [0.15, 0.2) is 0 Å². The number of amides is 1. The van der Waals surface area contributed by atoms with Crippen LogP contribution in [0.2, 0.25) is 0 Å². The summed E-state index contributed by atoms with van der Waals surface area (Å²) < 4.78 is 6.61. The number of hydrogen-bond acceptors (Lipinski definition) is 5. The van der Waals surface area contributed by atoms with Crippen LogP contribution in [0.5, 0.6) is 0 Å². The first-order valence-electron chi connectivity index (χ1n) is 11.2. The van der Waals surface area contributed by atoms with Gasteiger partial charge in [0.1, 0.15) is 12.7 Å². The molecule has 0 radical (unpaired) electrons. The van der Waals surface area contributed by atoms with Crippen molar-refractivity contribution in [2.75, 3.05) is 33.3 Å². The number of halogens is 1. The third-order valence-corrected chi connectivity index (χ3v) is 7.00. The topological polar surface area (TPSA) is 54.4 Å². The van der Waals surface area contributed by atoms with Crippen molar-refractivity contribution in [3.63, 3.8) is 0 Å². The molecule has 1 aromatic carbocycles. The van der Waals surface area contributed by atoms with Gasteiger partial charge in [-0.3, -0.25) is 4.90 Å². The normalized spacial score (nSPS) is 21.1. The number of nitrogens with zero attached hydrogens (tertiary/aromatic N) is 3. The lowest BCUT2D eigenvalue weighted by molar-refractivity contribution is -0.00825. The van der Waals surface area contributed by atoms with Gasteiger partial charge >= 0.3 is 6.09 Å². The lowest BCUT2D eigenvalue weighted by atomic mass is 9.82. The maximum Gasteiger partial charge on any atom is 0.410 e. The van der Waals surface area contributed by atoms with Gasteiger partial charge in [-0.1, -0.05) is 33.2 Å². The quantitative estimate of drug-likeness (QED) is 0.421. The highest BCUT2D eigenvalue weighted by molar-refractivity contribution is 9.10. The molecule has 0 N–H and O–H groups in total. The molecule has 0 atom stereocenters. The molecule has 0 aromatic heterocycles. The fourth-order valence-electron chi connectivity index (χ4n) is 4.59. The van der Waals surface area contributed by atoms with E-state index in [2.05, 4.69) is 57.2 Å². The van der Waals surface area contributed by atoms with Gasteiger partial charge in [0.25, 0.3) is 0 Å². The van der Waals surface area contributed by atoms with Crippen LogP contribution >= 0.6 is 15.9 Å². The van der Waals surface area contributed by atoms with E-state index in [0.29, 0.717) is 5.92 Å². The average molecular weight is 494 g/mol. The van der Waals surface area contributed by atoms with Crippen molar-refractivity contribution in [1.29, 1.82) is 0 Å². The summed E-state index contributed by atoms with van der Waals surface area (Å²) in [4.78, 5) is 22.1. The third-order valence-electron chi connectivity index (χ3n) is 6.47. The Balaban J connectivity index is 1.57. The minimum Gasteiger partial charge on any atom is -0.444 e. The lowest BCUT2D eigenvalue weighted by Crippen LogP contribution is -2.57. The molecule has 6 nitrogen and oxygen atoms in total. The van der Waals surface area contributed by atoms with Crippen molar-refractivity contribution >= 4 is 27.7 Å². The SMILES string of the molecule is CO/N=C(\c1ccc(Br)cc1)C1CCN(C2(C)CCN(C(=O)OC(C)(C)C)CC2)CC1. The summed E-state index contributed by atoms with van der Waals surface area (Å²) in [6.07, 6.45) is 3.88. The van der Waals surface area contributed by atoms with Crippen LogP contribution in [-0.4, -0.2) is 66.0 Å². The number of piperidine rings is 2. The van der Waals surface area contributed by atoms with Gasteiger partial charge in [0.2, 0.25) is 0 Å². The van der Waals surface area contributed by atoms with Crippen LogP contribution in [0.4, 0.5) is 4.79 Å². The minimum absolute atomic E-state index is 0.125. The van der Waals surface area contributed by atoms with Crippen molar-refractivity contribution in [3.05, 3.63) is 34.3 Å². The highest BCUT2D eigenvalue weighted by atomic mass is 79.9. The highest BCUT2D eigenvalue weighted by Crippen LogP contribution is 2.34. The zero-order valence-corrected chi connectivity index (χ0v) is 21.1. The van der Waals surface area contributed by atoms with Crippen molar-refractivity contribution in [1.82, 2.24) is 9.80 Å². The molecule has 0 aliphatic carbocycles. The second kappa shape index (κ2) is 9.90. The molecule has 2 aliphatic rings. The Bertz CT molecular complexity index is 772. The number of ether oxygens (including phenoxy) is 1. The maximum atomic E-state index is 12.4. The Morgan fingerprint density at radius 1 is 1.10 bits per heavy atom. The number of carbonyl (C=O) groups excluding carboxylic acids is 1. The smallest absolute Gasteiger partial charge is 0.410 e. The number of carbonyl (C=O) groups is 1. The van der Waals surface area contributed by atoms with Gasteiger partial charge in [-0.05, 0) is 84.2 Å². The van der Waals surface area contributed by atoms with Gasteiger partial charge in [-0.2, -0.15) is 0 Å². The molecule has 0 spiro atoms. The highest BCUT2D eigenvalue weighted by Gasteiger charge is 2.40. The Kier molecular flexibility index (Phi) is 7.68. The summed E-state index contributed by atoms with van der Waals surface area (Å²) in [6.45, 7) is 11.7. The van der Waals surface area contributed by atoms with Gasteiger partial charge < -0.3 is 14.5 Å². The van der Waals surface area contributed by atoms with Crippen LogP contribution in [0, 0.1) is 5.92 Å². The van der Waals surface area contributed by atoms with E-state index in [9.17, 15) is 4.79 Å². The van der Waals surface area contributed by atoms with E-state index < -0.39 is 5.60 Å². The van der Waals surface area contributed by atoms with Gasteiger partial charge in [0, 0.05) is 29.0 Å². The molecule has 31 heavy (non-hydrogen) atoms. The first-order chi connectivity index (χ1) is 14.6. The third kappa shape index (κ3) is 6.22. The van der Waals surface area contributed by atoms with Crippen LogP contribution in [0.15, 0.2) is 33.9 Å². The molecule has 1 aromatic rings. The number of hydrogen-bond donors (Lipinski definition) is 0. The van der Waals surface area contributed by atoms with E-state index in [0.717, 1.165) is 67.6 Å². The number of rotatable bonds is 4. The van der Waals surface area contributed by atoms with Crippen LogP contribution in [-0.2, 0) is 9.57 Å². The number of benzene rings is 1. The van der Waals surface area contributed by atoms with Crippen LogP contribution in [0.1, 0.15) is 58.9 Å². The van der Waals surface area contributed by atoms with E-state index in [1.165, 1.54) is 0 Å². The largest absolute Gasteiger partial charge is 0.444 e. The summed E-state index contributed by atoms with van der Waals surface area (Å²) >= 11 is 3.50. The number of likely N-dealkylation sites (tertiary alicyclic amines) is 2.